The van der Waals surface area contributed by atoms with Gasteiger partial charge in [0, 0.05) is 25.9 Å². The molecular formula is C60H92N12O12. The van der Waals surface area contributed by atoms with Gasteiger partial charge < -0.3 is 74.0 Å². The lowest BCUT2D eigenvalue weighted by Crippen LogP contribution is -2.62. The fraction of sp³-hybridized carbons (Fsp3) is 0.633. The molecule has 2 aromatic carbocycles. The smallest absolute Gasteiger partial charge is 0.246 e. The van der Waals surface area contributed by atoms with Gasteiger partial charge in [0.1, 0.15) is 71.9 Å². The van der Waals surface area contributed by atoms with Gasteiger partial charge in [-0.1, -0.05) is 79.7 Å². The molecule has 5 rings (SSSR count). The van der Waals surface area contributed by atoms with Crippen molar-refractivity contribution in [1.29, 1.82) is 0 Å². The lowest BCUT2D eigenvalue weighted by Gasteiger charge is -2.33. The Morgan fingerprint density at radius 3 is 1.05 bits per heavy atom. The molecule has 2 aromatic rings. The molecule has 0 saturated carbocycles. The van der Waals surface area contributed by atoms with Crippen LogP contribution in [-0.4, -0.2) is 166 Å². The predicted molar refractivity (Wildman–Crippen MR) is 314 cm³/mol. The van der Waals surface area contributed by atoms with E-state index in [2.05, 4.69) is 42.5 Å². The number of carbonyl (C=O) groups excluding carboxylic acids is 10. The van der Waals surface area contributed by atoms with Crippen molar-refractivity contribution in [3.8, 4) is 11.5 Å². The summed E-state index contributed by atoms with van der Waals surface area (Å²) in [6.45, 7) is 14.7. The van der Waals surface area contributed by atoms with Crippen LogP contribution < -0.4 is 54.0 Å². The number of carbonyl (C=O) groups is 10. The normalized spacial score (nSPS) is 26.2. The first-order valence-electron chi connectivity index (χ1n) is 29.8. The average Bonchev–Trinajstić information content (AvgIpc) is 4.31. The highest BCUT2D eigenvalue weighted by molar-refractivity contribution is 6.00. The maximum absolute atomic E-state index is 14.9. The van der Waals surface area contributed by atoms with E-state index in [0.717, 1.165) is 0 Å². The van der Waals surface area contributed by atoms with Crippen molar-refractivity contribution in [2.45, 2.75) is 193 Å². The third-order valence-corrected chi connectivity index (χ3v) is 15.5. The fourth-order valence-electron chi connectivity index (χ4n) is 10.9. The number of fused-ring (bicyclic) bond motifs is 2. The molecule has 3 fully saturated rings. The van der Waals surface area contributed by atoms with Crippen molar-refractivity contribution >= 4 is 59.1 Å². The van der Waals surface area contributed by atoms with E-state index < -0.39 is 131 Å². The maximum atomic E-state index is 14.9. The number of hydrogen-bond donors (Lipinski definition) is 12. The minimum Gasteiger partial charge on any atom is -0.508 e. The summed E-state index contributed by atoms with van der Waals surface area (Å²) in [4.78, 5) is 149. The Labute approximate surface area is 493 Å². The first-order valence-corrected chi connectivity index (χ1v) is 29.8. The third-order valence-electron chi connectivity index (χ3n) is 15.5. The highest BCUT2D eigenvalue weighted by Crippen LogP contribution is 2.24. The molecule has 10 amide bonds. The zero-order chi connectivity index (χ0) is 61.9. The van der Waals surface area contributed by atoms with Gasteiger partial charge in [-0.2, -0.15) is 0 Å². The highest BCUT2D eigenvalue weighted by atomic mass is 16.3. The van der Waals surface area contributed by atoms with Gasteiger partial charge in [0.2, 0.25) is 59.1 Å². The second-order valence-corrected chi connectivity index (χ2v) is 24.1. The summed E-state index contributed by atoms with van der Waals surface area (Å²) >= 11 is 0. The van der Waals surface area contributed by atoms with Gasteiger partial charge in [0.05, 0.1) is 0 Å². The minimum absolute atomic E-state index is 0.0354. The Bertz CT molecular complexity index is 2420. The Balaban J connectivity index is 1.60. The van der Waals surface area contributed by atoms with Crippen LogP contribution in [0.4, 0.5) is 0 Å². The lowest BCUT2D eigenvalue weighted by atomic mass is 9.98. The number of nitrogens with one attached hydrogen (secondary N) is 8. The number of phenolic OH excluding ortho intramolecular Hbond substituents is 2. The van der Waals surface area contributed by atoms with Gasteiger partial charge in [-0.3, -0.25) is 47.9 Å². The van der Waals surface area contributed by atoms with Crippen LogP contribution in [-0.2, 0) is 60.8 Å². The summed E-state index contributed by atoms with van der Waals surface area (Å²) in [7, 11) is 0. The molecule has 0 radical (unpaired) electrons. The van der Waals surface area contributed by atoms with Gasteiger partial charge in [-0.15, -0.1) is 0 Å². The Hall–Kier alpha value is -7.34. The first kappa shape index (κ1) is 67.5. The van der Waals surface area contributed by atoms with Crippen LogP contribution in [0, 0.1) is 23.7 Å². The number of rotatable bonds is 16. The summed E-state index contributed by atoms with van der Waals surface area (Å²) < 4.78 is 0. The first-order chi connectivity index (χ1) is 39.8. The zero-order valence-electron chi connectivity index (χ0n) is 50.0. The van der Waals surface area contributed by atoms with E-state index in [-0.39, 0.29) is 114 Å². The molecule has 3 saturated heterocycles. The van der Waals surface area contributed by atoms with Gasteiger partial charge in [0.25, 0.3) is 0 Å². The number of phenols is 2. The molecule has 0 aromatic heterocycles. The standard InChI is InChI=1S/C60H92N12O12/c1-33(2)29-43-53(77)67-45(31-37-17-21-39(73)22-18-37)59(83)71-27-11-15-47(71)55(79)70-50(36(7)8)58(82)64-42(14-10-26-62)52(76)66-44(30-34(3)4)54(78)68-46(32-38-19-23-40(74)24-20-38)60(84)72-28-12-16-48(72)56(80)69-49(35(5)6)57(81)63-41(13-9-25-61)51(75)65-43/h17-24,33-36,41-50,73-74H,9-16,25-32,61-62H2,1-8H3,(H,63,81)(H,64,82)(H,65,75)(H,66,76)(H,67,77)(H,68,78)(H,69,80)(H,70,79)/t41-,42+,43-,44-,45+,46+,47-,48-,49-,50-/m0/s1. The molecular weight excluding hydrogens is 1080 g/mol. The predicted octanol–water partition coefficient (Wildman–Crippen LogP) is 0.639. The van der Waals surface area contributed by atoms with Crippen LogP contribution in [0.25, 0.3) is 0 Å². The van der Waals surface area contributed by atoms with Crippen LogP contribution in [0.15, 0.2) is 48.5 Å². The summed E-state index contributed by atoms with van der Waals surface area (Å²) in [5, 5.41) is 42.8. The summed E-state index contributed by atoms with van der Waals surface area (Å²) in [5.74, 6) is -8.48. The van der Waals surface area contributed by atoms with Gasteiger partial charge in [-0.25, -0.2) is 0 Å². The van der Waals surface area contributed by atoms with Crippen molar-refractivity contribution in [1.82, 2.24) is 52.3 Å². The molecule has 84 heavy (non-hydrogen) atoms. The van der Waals surface area contributed by atoms with Crippen LogP contribution in [0.5, 0.6) is 11.5 Å². The molecule has 10 atom stereocenters. The van der Waals surface area contributed by atoms with Gasteiger partial charge in [0.15, 0.2) is 0 Å². The van der Waals surface area contributed by atoms with Crippen LogP contribution in [0.3, 0.4) is 0 Å². The van der Waals surface area contributed by atoms with Crippen molar-refractivity contribution < 1.29 is 58.2 Å². The zero-order valence-corrected chi connectivity index (χ0v) is 50.0. The number of nitrogens with zero attached hydrogens (tertiary/aromatic N) is 2. The average molecular weight is 1170 g/mol. The van der Waals surface area contributed by atoms with E-state index >= 15 is 0 Å². The molecule has 0 aliphatic carbocycles. The second-order valence-electron chi connectivity index (χ2n) is 24.1. The quantitative estimate of drug-likeness (QED) is 0.110. The molecule has 14 N–H and O–H groups in total. The van der Waals surface area contributed by atoms with E-state index in [1.165, 1.54) is 34.1 Å². The molecule has 3 aliphatic rings. The van der Waals surface area contributed by atoms with E-state index in [1.54, 1.807) is 52.0 Å². The van der Waals surface area contributed by atoms with E-state index in [9.17, 15) is 58.2 Å². The second kappa shape index (κ2) is 32.1. The van der Waals surface area contributed by atoms with Crippen molar-refractivity contribution in [2.24, 2.45) is 35.1 Å². The monoisotopic (exact) mass is 1170 g/mol. The summed E-state index contributed by atoms with van der Waals surface area (Å²) in [5.41, 5.74) is 12.9. The largest absolute Gasteiger partial charge is 0.508 e. The molecule has 0 bridgehead atoms. The third kappa shape index (κ3) is 19.4. The number of amides is 10. The number of hydrogen-bond acceptors (Lipinski definition) is 14. The Kier molecular flexibility index (Phi) is 25.8. The van der Waals surface area contributed by atoms with Crippen LogP contribution in [0.1, 0.15) is 131 Å². The molecule has 3 heterocycles. The van der Waals surface area contributed by atoms with Crippen molar-refractivity contribution in [3.63, 3.8) is 0 Å². The number of nitrogens with two attached hydrogens (primary N) is 2. The molecule has 0 spiro atoms. The summed E-state index contributed by atoms with van der Waals surface area (Å²) in [6, 6.07) is -0.246. The fourth-order valence-corrected chi connectivity index (χ4v) is 10.9. The molecule has 24 nitrogen and oxygen atoms in total. The molecule has 464 valence electrons. The SMILES string of the molecule is CC(C)C[C@@H]1NC(=O)[C@H](CCCN)NC(=O)[C@H](C(C)C)NC(=O)[C@@H]2CCCN2C(=O)[C@@H](Cc2ccc(O)cc2)NC(=O)[C@H](CC(C)C)NC(=O)[C@@H](CCCN)NC(=O)[C@H](C(C)C)NC(=O)[C@@H]2CCCN2C(=O)[C@@H](Cc2ccc(O)cc2)NC1=O. The van der Waals surface area contributed by atoms with E-state index in [1.807, 2.05) is 27.7 Å². The highest BCUT2D eigenvalue weighted by Gasteiger charge is 2.43. The molecule has 24 heteroatoms. The minimum atomic E-state index is -1.31. The van der Waals surface area contributed by atoms with Crippen molar-refractivity contribution in [2.75, 3.05) is 26.2 Å². The number of aromatic hydroxyl groups is 2. The van der Waals surface area contributed by atoms with Crippen LogP contribution >= 0.6 is 0 Å². The van der Waals surface area contributed by atoms with Crippen LogP contribution in [0.2, 0.25) is 0 Å². The van der Waals surface area contributed by atoms with E-state index in [4.69, 9.17) is 11.5 Å². The van der Waals surface area contributed by atoms with Gasteiger partial charge in [-0.05, 0) is 136 Å². The Morgan fingerprint density at radius 1 is 0.429 bits per heavy atom. The van der Waals surface area contributed by atoms with Gasteiger partial charge >= 0.3 is 0 Å². The Morgan fingerprint density at radius 2 is 0.738 bits per heavy atom. The number of benzene rings is 2. The lowest BCUT2D eigenvalue weighted by molar-refractivity contribution is -0.143. The van der Waals surface area contributed by atoms with Crippen molar-refractivity contribution in [3.05, 3.63) is 59.7 Å². The molecule has 3 aliphatic heterocycles. The summed E-state index contributed by atoms with van der Waals surface area (Å²) in [6.07, 6.45) is 1.82. The maximum Gasteiger partial charge on any atom is 0.246 e. The molecule has 0 unspecified atom stereocenters. The topological polar surface area (TPSA) is 366 Å². The van der Waals surface area contributed by atoms with E-state index in [0.29, 0.717) is 24.0 Å².